The Bertz CT molecular complexity index is 256. The summed E-state index contributed by atoms with van der Waals surface area (Å²) in [5.74, 6) is -2.58. The zero-order valence-electron chi connectivity index (χ0n) is 8.15. The number of carbonyl (C=O) groups is 2. The van der Waals surface area contributed by atoms with Gasteiger partial charge in [-0.2, -0.15) is 0 Å². The van der Waals surface area contributed by atoms with Gasteiger partial charge in [-0.1, -0.05) is 0 Å². The molecule has 76 valence electrons. The molecule has 0 radical (unpaired) electrons. The first kappa shape index (κ1) is 15.7. The van der Waals surface area contributed by atoms with E-state index in [0.29, 0.717) is 0 Å². The van der Waals surface area contributed by atoms with Gasteiger partial charge in [-0.3, -0.25) is 0 Å². The Labute approximate surface area is 94.2 Å². The monoisotopic (exact) mass is 252 g/mol. The molecule has 5 nitrogen and oxygen atoms in total. The molecule has 0 amide bonds. The Morgan fingerprint density at radius 2 is 1.64 bits per heavy atom. The standard InChI is InChI=1S/C8H12O5.Zn/c1-4(9)3-6(8(12)13)5(2)7(10)11;/h4,9H,3H2,1-2H3,(H,10,11)(H,12,13);. The molecular weight excluding hydrogens is 241 g/mol. The van der Waals surface area contributed by atoms with E-state index in [1.165, 1.54) is 13.8 Å². The maximum Gasteiger partial charge on any atom is 0.332 e. The Kier molecular flexibility index (Phi) is 7.50. The van der Waals surface area contributed by atoms with Crippen molar-refractivity contribution in [1.82, 2.24) is 0 Å². The summed E-state index contributed by atoms with van der Waals surface area (Å²) in [5.41, 5.74) is -0.504. The van der Waals surface area contributed by atoms with Crippen molar-refractivity contribution in [2.75, 3.05) is 0 Å². The van der Waals surface area contributed by atoms with Crippen LogP contribution in [-0.2, 0) is 29.1 Å². The van der Waals surface area contributed by atoms with Crippen LogP contribution >= 0.6 is 0 Å². The molecule has 1 unspecified atom stereocenters. The molecule has 0 heterocycles. The fourth-order valence-electron chi connectivity index (χ4n) is 0.825. The van der Waals surface area contributed by atoms with Gasteiger partial charge in [0.2, 0.25) is 0 Å². The summed E-state index contributed by atoms with van der Waals surface area (Å²) in [4.78, 5) is 21.0. The summed E-state index contributed by atoms with van der Waals surface area (Å²) < 4.78 is 0. The first-order valence-corrected chi connectivity index (χ1v) is 3.70. The van der Waals surface area contributed by atoms with Crippen LogP contribution in [0.5, 0.6) is 0 Å². The van der Waals surface area contributed by atoms with Crippen LogP contribution in [0.4, 0.5) is 0 Å². The van der Waals surface area contributed by atoms with Gasteiger partial charge in [0.25, 0.3) is 0 Å². The van der Waals surface area contributed by atoms with Crippen molar-refractivity contribution in [3.63, 3.8) is 0 Å². The number of hydrogen-bond acceptors (Lipinski definition) is 3. The Morgan fingerprint density at radius 1 is 1.21 bits per heavy atom. The third-order valence-corrected chi connectivity index (χ3v) is 1.53. The first-order chi connectivity index (χ1) is 5.86. The molecule has 0 aromatic carbocycles. The van der Waals surface area contributed by atoms with Gasteiger partial charge in [0, 0.05) is 37.0 Å². The number of carboxylic acids is 2. The smallest absolute Gasteiger partial charge is 0.332 e. The normalized spacial score (nSPS) is 13.6. The summed E-state index contributed by atoms with van der Waals surface area (Å²) in [6.07, 6.45) is -1.02. The molecule has 0 saturated heterocycles. The van der Waals surface area contributed by atoms with Crippen molar-refractivity contribution in [3.05, 3.63) is 11.1 Å². The SMILES string of the molecule is CC(C(=O)O)=C(CC(C)O)C(=O)O.[Zn]. The average molecular weight is 254 g/mol. The minimum atomic E-state index is -1.30. The molecule has 0 spiro atoms. The maximum absolute atomic E-state index is 10.5. The summed E-state index contributed by atoms with van der Waals surface area (Å²) in [7, 11) is 0. The van der Waals surface area contributed by atoms with Crippen LogP contribution in [-0.4, -0.2) is 33.4 Å². The van der Waals surface area contributed by atoms with Crippen molar-refractivity contribution in [2.45, 2.75) is 26.4 Å². The number of aliphatic hydroxyl groups excluding tert-OH is 1. The van der Waals surface area contributed by atoms with Crippen LogP contribution < -0.4 is 0 Å². The van der Waals surface area contributed by atoms with E-state index in [2.05, 4.69) is 0 Å². The van der Waals surface area contributed by atoms with E-state index < -0.39 is 18.0 Å². The molecule has 0 aromatic heterocycles. The average Bonchev–Trinajstić information content (AvgIpc) is 1.97. The predicted octanol–water partition coefficient (Wildman–Crippen LogP) is 0.241. The number of hydrogen-bond donors (Lipinski definition) is 3. The van der Waals surface area contributed by atoms with Gasteiger partial charge in [-0.05, 0) is 13.8 Å². The third-order valence-electron chi connectivity index (χ3n) is 1.53. The van der Waals surface area contributed by atoms with Gasteiger partial charge in [0.05, 0.1) is 6.10 Å². The van der Waals surface area contributed by atoms with Crippen molar-refractivity contribution < 1.29 is 44.4 Å². The van der Waals surface area contributed by atoms with Gasteiger partial charge in [-0.25, -0.2) is 9.59 Å². The quantitative estimate of drug-likeness (QED) is 0.493. The molecule has 0 aliphatic rings. The van der Waals surface area contributed by atoms with E-state index in [9.17, 15) is 9.59 Å². The van der Waals surface area contributed by atoms with Gasteiger partial charge >= 0.3 is 11.9 Å². The van der Waals surface area contributed by atoms with Crippen molar-refractivity contribution >= 4 is 11.9 Å². The Morgan fingerprint density at radius 3 is 1.86 bits per heavy atom. The number of aliphatic carboxylic acids is 2. The maximum atomic E-state index is 10.5. The second-order valence-electron chi connectivity index (χ2n) is 2.77. The van der Waals surface area contributed by atoms with Gasteiger partial charge in [0.15, 0.2) is 0 Å². The largest absolute Gasteiger partial charge is 0.478 e. The molecule has 0 bridgehead atoms. The van der Waals surface area contributed by atoms with Crippen LogP contribution in [0, 0.1) is 0 Å². The predicted molar refractivity (Wildman–Crippen MR) is 44.3 cm³/mol. The molecule has 0 aliphatic carbocycles. The van der Waals surface area contributed by atoms with Gasteiger partial charge < -0.3 is 15.3 Å². The van der Waals surface area contributed by atoms with E-state index in [4.69, 9.17) is 15.3 Å². The van der Waals surface area contributed by atoms with Crippen molar-refractivity contribution in [1.29, 1.82) is 0 Å². The third kappa shape index (κ3) is 5.09. The van der Waals surface area contributed by atoms with E-state index >= 15 is 0 Å². The van der Waals surface area contributed by atoms with Crippen LogP contribution in [0.3, 0.4) is 0 Å². The number of carboxylic acid groups (broad SMARTS) is 2. The van der Waals surface area contributed by atoms with Gasteiger partial charge in [0.1, 0.15) is 0 Å². The summed E-state index contributed by atoms with van der Waals surface area (Å²) in [6.45, 7) is 2.60. The molecule has 3 N–H and O–H groups in total. The minimum Gasteiger partial charge on any atom is -0.478 e. The number of rotatable bonds is 4. The zero-order chi connectivity index (χ0) is 10.6. The summed E-state index contributed by atoms with van der Waals surface area (Å²) in [6, 6.07) is 0. The molecular formula is C8H12O5Zn. The van der Waals surface area contributed by atoms with E-state index in [-0.39, 0.29) is 37.0 Å². The van der Waals surface area contributed by atoms with Gasteiger partial charge in [-0.15, -0.1) is 0 Å². The molecule has 0 aromatic rings. The van der Waals surface area contributed by atoms with E-state index in [1.807, 2.05) is 0 Å². The fourth-order valence-corrected chi connectivity index (χ4v) is 0.825. The van der Waals surface area contributed by atoms with Crippen molar-refractivity contribution in [3.8, 4) is 0 Å². The molecule has 0 aliphatic heterocycles. The Hall–Kier alpha value is -0.737. The van der Waals surface area contributed by atoms with Crippen LogP contribution in [0.15, 0.2) is 11.1 Å². The molecule has 1 atom stereocenters. The molecule has 0 fully saturated rings. The van der Waals surface area contributed by atoms with E-state index in [0.717, 1.165) is 0 Å². The summed E-state index contributed by atoms with van der Waals surface area (Å²) >= 11 is 0. The molecule has 14 heavy (non-hydrogen) atoms. The summed E-state index contributed by atoms with van der Waals surface area (Å²) in [5, 5.41) is 26.0. The fraction of sp³-hybridized carbons (Fsp3) is 0.500. The second kappa shape index (κ2) is 6.68. The molecule has 6 heteroatoms. The van der Waals surface area contributed by atoms with Crippen LogP contribution in [0.2, 0.25) is 0 Å². The van der Waals surface area contributed by atoms with Crippen LogP contribution in [0.25, 0.3) is 0 Å². The first-order valence-electron chi connectivity index (χ1n) is 3.70. The van der Waals surface area contributed by atoms with Crippen molar-refractivity contribution in [2.24, 2.45) is 0 Å². The topological polar surface area (TPSA) is 94.8 Å². The minimum absolute atomic E-state index is 0. The number of aliphatic hydroxyl groups is 1. The molecule has 0 saturated carbocycles. The Balaban J connectivity index is 0. The zero-order valence-corrected chi connectivity index (χ0v) is 11.1. The van der Waals surface area contributed by atoms with Crippen LogP contribution in [0.1, 0.15) is 20.3 Å². The van der Waals surface area contributed by atoms with E-state index in [1.54, 1.807) is 0 Å². The molecule has 0 rings (SSSR count). The second-order valence-corrected chi connectivity index (χ2v) is 2.77.